The van der Waals surface area contributed by atoms with Crippen molar-refractivity contribution in [2.24, 2.45) is 0 Å². The molecule has 0 saturated carbocycles. The number of hydrogen-bond donors (Lipinski definition) is 2. The number of β-amino-alcohol motifs (C(OH)–C–C–N with tert-alkyl or cyclic N) is 2. The fourth-order valence-corrected chi connectivity index (χ4v) is 2.98. The zero-order valence-corrected chi connectivity index (χ0v) is 11.4. The first-order valence-electron chi connectivity index (χ1n) is 7.06. The number of aliphatic hydroxyl groups excluding tert-OH is 2. The van der Waals surface area contributed by atoms with Crippen LogP contribution in [0, 0.1) is 0 Å². The van der Waals surface area contributed by atoms with Crippen molar-refractivity contribution in [3.05, 3.63) is 35.4 Å². The van der Waals surface area contributed by atoms with E-state index < -0.39 is 12.2 Å². The average molecular weight is 276 g/mol. The van der Waals surface area contributed by atoms with Crippen molar-refractivity contribution in [1.29, 1.82) is 0 Å². The molecule has 0 aromatic heterocycles. The van der Waals surface area contributed by atoms with Crippen LogP contribution in [0.25, 0.3) is 0 Å². The van der Waals surface area contributed by atoms with E-state index in [2.05, 4.69) is 12.1 Å². The highest BCUT2D eigenvalue weighted by molar-refractivity contribution is 5.78. The molecule has 5 heteroatoms. The van der Waals surface area contributed by atoms with E-state index in [1.165, 1.54) is 11.1 Å². The summed E-state index contributed by atoms with van der Waals surface area (Å²) in [6.45, 7) is 2.42. The first-order chi connectivity index (χ1) is 9.63. The third kappa shape index (κ3) is 2.70. The van der Waals surface area contributed by atoms with E-state index in [0.717, 1.165) is 13.0 Å². The molecule has 1 fully saturated rings. The van der Waals surface area contributed by atoms with Gasteiger partial charge in [-0.1, -0.05) is 24.3 Å². The summed E-state index contributed by atoms with van der Waals surface area (Å²) < 4.78 is 0. The number of aliphatic hydroxyl groups is 2. The summed E-state index contributed by atoms with van der Waals surface area (Å²) in [6, 6.07) is 8.21. The van der Waals surface area contributed by atoms with Gasteiger partial charge in [-0.15, -0.1) is 0 Å². The van der Waals surface area contributed by atoms with Gasteiger partial charge in [-0.25, -0.2) is 0 Å². The highest BCUT2D eigenvalue weighted by Crippen LogP contribution is 2.19. The molecule has 0 unspecified atom stereocenters. The van der Waals surface area contributed by atoms with Crippen LogP contribution < -0.4 is 0 Å². The van der Waals surface area contributed by atoms with E-state index in [0.29, 0.717) is 19.6 Å². The molecule has 2 aliphatic heterocycles. The Bertz CT molecular complexity index is 496. The summed E-state index contributed by atoms with van der Waals surface area (Å²) in [7, 11) is 0. The quantitative estimate of drug-likeness (QED) is 0.772. The van der Waals surface area contributed by atoms with Crippen LogP contribution in [-0.2, 0) is 17.8 Å². The SMILES string of the molecule is O=C(CN1C[C@@H](O)[C@@H](O)C1)N1CCc2ccccc2C1. The van der Waals surface area contributed by atoms with Crippen molar-refractivity contribution >= 4 is 5.91 Å². The second-order valence-electron chi connectivity index (χ2n) is 5.66. The Morgan fingerprint density at radius 1 is 1.15 bits per heavy atom. The van der Waals surface area contributed by atoms with Crippen molar-refractivity contribution in [1.82, 2.24) is 9.80 Å². The number of rotatable bonds is 2. The first-order valence-corrected chi connectivity index (χ1v) is 7.06. The van der Waals surface area contributed by atoms with Crippen LogP contribution in [0.3, 0.4) is 0 Å². The molecule has 5 nitrogen and oxygen atoms in total. The highest BCUT2D eigenvalue weighted by Gasteiger charge is 2.31. The largest absolute Gasteiger partial charge is 0.389 e. The number of hydrogen-bond acceptors (Lipinski definition) is 4. The fourth-order valence-electron chi connectivity index (χ4n) is 2.98. The molecule has 1 saturated heterocycles. The van der Waals surface area contributed by atoms with Gasteiger partial charge in [0.05, 0.1) is 18.8 Å². The molecule has 2 aliphatic rings. The summed E-state index contributed by atoms with van der Waals surface area (Å²) in [6.07, 6.45) is -0.567. The maximum atomic E-state index is 12.3. The molecule has 0 spiro atoms. The molecule has 2 N–H and O–H groups in total. The van der Waals surface area contributed by atoms with Crippen LogP contribution in [0.5, 0.6) is 0 Å². The number of nitrogens with zero attached hydrogens (tertiary/aromatic N) is 2. The van der Waals surface area contributed by atoms with Gasteiger partial charge in [-0.05, 0) is 17.5 Å². The summed E-state index contributed by atoms with van der Waals surface area (Å²) in [5.41, 5.74) is 2.54. The lowest BCUT2D eigenvalue weighted by Gasteiger charge is -2.30. The Balaban J connectivity index is 1.59. The van der Waals surface area contributed by atoms with Gasteiger partial charge < -0.3 is 15.1 Å². The zero-order valence-electron chi connectivity index (χ0n) is 11.4. The number of carbonyl (C=O) groups excluding carboxylic acids is 1. The topological polar surface area (TPSA) is 64.0 Å². The Labute approximate surface area is 118 Å². The van der Waals surface area contributed by atoms with Crippen LogP contribution in [0.1, 0.15) is 11.1 Å². The lowest BCUT2D eigenvalue weighted by Crippen LogP contribution is -2.42. The van der Waals surface area contributed by atoms with Crippen molar-refractivity contribution < 1.29 is 15.0 Å². The normalized spacial score (nSPS) is 26.6. The third-order valence-corrected chi connectivity index (χ3v) is 4.18. The molecule has 2 heterocycles. The number of carbonyl (C=O) groups is 1. The molecule has 1 aromatic carbocycles. The number of fused-ring (bicyclic) bond motifs is 1. The maximum absolute atomic E-state index is 12.3. The van der Waals surface area contributed by atoms with Gasteiger partial charge in [0, 0.05) is 26.2 Å². The van der Waals surface area contributed by atoms with Gasteiger partial charge in [-0.2, -0.15) is 0 Å². The predicted octanol–water partition coefficient (Wildman–Crippen LogP) is -0.391. The second-order valence-corrected chi connectivity index (χ2v) is 5.66. The maximum Gasteiger partial charge on any atom is 0.237 e. The highest BCUT2D eigenvalue weighted by atomic mass is 16.3. The molecule has 20 heavy (non-hydrogen) atoms. The van der Waals surface area contributed by atoms with Gasteiger partial charge >= 0.3 is 0 Å². The fraction of sp³-hybridized carbons (Fsp3) is 0.533. The number of likely N-dealkylation sites (tertiary alicyclic amines) is 1. The van der Waals surface area contributed by atoms with Crippen LogP contribution >= 0.6 is 0 Å². The van der Waals surface area contributed by atoms with E-state index in [9.17, 15) is 15.0 Å². The minimum atomic E-state index is -0.732. The molecule has 2 atom stereocenters. The van der Waals surface area contributed by atoms with Gasteiger partial charge in [0.2, 0.25) is 5.91 Å². The smallest absolute Gasteiger partial charge is 0.237 e. The predicted molar refractivity (Wildman–Crippen MR) is 74.0 cm³/mol. The van der Waals surface area contributed by atoms with E-state index in [1.54, 1.807) is 0 Å². The van der Waals surface area contributed by atoms with Crippen LogP contribution in [0.2, 0.25) is 0 Å². The summed E-state index contributed by atoms with van der Waals surface area (Å²) in [4.78, 5) is 16.0. The second kappa shape index (κ2) is 5.52. The minimum Gasteiger partial charge on any atom is -0.389 e. The lowest BCUT2D eigenvalue weighted by molar-refractivity contribution is -0.133. The standard InChI is InChI=1S/C15H20N2O3/c18-13-8-16(9-14(13)19)10-15(20)17-6-5-11-3-1-2-4-12(11)7-17/h1-4,13-14,18-19H,5-10H2/t13-,14+. The van der Waals surface area contributed by atoms with Crippen LogP contribution in [-0.4, -0.2) is 64.3 Å². The summed E-state index contributed by atoms with van der Waals surface area (Å²) in [5, 5.41) is 19.0. The number of benzene rings is 1. The van der Waals surface area contributed by atoms with E-state index in [4.69, 9.17) is 0 Å². The lowest BCUT2D eigenvalue weighted by atomic mass is 10.00. The van der Waals surface area contributed by atoms with Gasteiger partial charge in [-0.3, -0.25) is 9.69 Å². The molecular formula is C15H20N2O3. The van der Waals surface area contributed by atoms with Crippen LogP contribution in [0.4, 0.5) is 0 Å². The van der Waals surface area contributed by atoms with E-state index in [1.807, 2.05) is 21.9 Å². The van der Waals surface area contributed by atoms with Crippen molar-refractivity contribution in [3.8, 4) is 0 Å². The Morgan fingerprint density at radius 2 is 1.80 bits per heavy atom. The molecular weight excluding hydrogens is 256 g/mol. The zero-order chi connectivity index (χ0) is 14.1. The van der Waals surface area contributed by atoms with E-state index in [-0.39, 0.29) is 12.5 Å². The summed E-state index contributed by atoms with van der Waals surface area (Å²) in [5.74, 6) is 0.0702. The minimum absolute atomic E-state index is 0.0702. The number of amides is 1. The first kappa shape index (κ1) is 13.5. The Kier molecular flexibility index (Phi) is 3.74. The molecule has 3 rings (SSSR count). The van der Waals surface area contributed by atoms with Gasteiger partial charge in [0.25, 0.3) is 0 Å². The summed E-state index contributed by atoms with van der Waals surface area (Å²) >= 11 is 0. The van der Waals surface area contributed by atoms with Crippen LogP contribution in [0.15, 0.2) is 24.3 Å². The molecule has 0 radical (unpaired) electrons. The van der Waals surface area contributed by atoms with Gasteiger partial charge in [0.15, 0.2) is 0 Å². The van der Waals surface area contributed by atoms with Crippen molar-refractivity contribution in [2.45, 2.75) is 25.2 Å². The van der Waals surface area contributed by atoms with Crippen molar-refractivity contribution in [2.75, 3.05) is 26.2 Å². The van der Waals surface area contributed by atoms with E-state index >= 15 is 0 Å². The van der Waals surface area contributed by atoms with Gasteiger partial charge in [0.1, 0.15) is 0 Å². The third-order valence-electron chi connectivity index (χ3n) is 4.18. The molecule has 0 bridgehead atoms. The monoisotopic (exact) mass is 276 g/mol. The Hall–Kier alpha value is -1.43. The molecule has 1 amide bonds. The molecule has 1 aromatic rings. The molecule has 108 valence electrons. The molecule has 0 aliphatic carbocycles. The average Bonchev–Trinajstić information content (AvgIpc) is 2.76. The van der Waals surface area contributed by atoms with Crippen molar-refractivity contribution in [3.63, 3.8) is 0 Å². The Morgan fingerprint density at radius 3 is 2.50 bits per heavy atom.